The van der Waals surface area contributed by atoms with Crippen LogP contribution in [0, 0.1) is 22.7 Å². The summed E-state index contributed by atoms with van der Waals surface area (Å²) in [7, 11) is 3.16. The number of ether oxygens (including phenoxy) is 2. The van der Waals surface area contributed by atoms with Crippen LogP contribution in [0.5, 0.6) is 0 Å². The molecule has 1 saturated heterocycles. The van der Waals surface area contributed by atoms with Crippen molar-refractivity contribution in [2.45, 2.75) is 46.6 Å². The molecule has 0 spiro atoms. The summed E-state index contributed by atoms with van der Waals surface area (Å²) >= 11 is 0. The number of primary amides is 1. The molecule has 1 heterocycles. The monoisotopic (exact) mass is 432 g/mol. The molecule has 2 N–H and O–H groups in total. The van der Waals surface area contributed by atoms with Crippen molar-refractivity contribution < 1.29 is 23.9 Å². The number of carbonyl (C=O) groups excluding carboxylic acids is 3. The van der Waals surface area contributed by atoms with Gasteiger partial charge in [0.2, 0.25) is 11.8 Å². The van der Waals surface area contributed by atoms with Crippen molar-refractivity contribution in [3.63, 3.8) is 0 Å². The van der Waals surface area contributed by atoms with Gasteiger partial charge in [-0.2, -0.15) is 0 Å². The normalized spacial score (nSPS) is 22.1. The van der Waals surface area contributed by atoms with Gasteiger partial charge in [-0.3, -0.25) is 14.4 Å². The summed E-state index contributed by atoms with van der Waals surface area (Å²) in [6.07, 6.45) is 2.60. The zero-order valence-electron chi connectivity index (χ0n) is 19.3. The van der Waals surface area contributed by atoms with E-state index in [1.807, 2.05) is 30.3 Å². The number of rotatable bonds is 11. The number of esters is 1. The summed E-state index contributed by atoms with van der Waals surface area (Å²) in [5, 5.41) is 0. The topological polar surface area (TPSA) is 98.9 Å². The minimum Gasteiger partial charge on any atom is -0.465 e. The predicted molar refractivity (Wildman–Crippen MR) is 118 cm³/mol. The molecule has 3 atom stereocenters. The number of benzene rings is 1. The highest BCUT2D eigenvalue weighted by Crippen LogP contribution is 2.55. The van der Waals surface area contributed by atoms with Gasteiger partial charge in [-0.25, -0.2) is 0 Å². The third-order valence-electron chi connectivity index (χ3n) is 6.67. The Labute approximate surface area is 185 Å². The van der Waals surface area contributed by atoms with Crippen LogP contribution in [0.2, 0.25) is 0 Å². The third-order valence-corrected chi connectivity index (χ3v) is 6.67. The number of hydrogen-bond donors (Lipinski definition) is 1. The van der Waals surface area contributed by atoms with Crippen LogP contribution in [0.3, 0.4) is 0 Å². The van der Waals surface area contributed by atoms with Crippen LogP contribution in [0.15, 0.2) is 30.3 Å². The first-order chi connectivity index (χ1) is 14.6. The molecule has 0 saturated carbocycles. The summed E-state index contributed by atoms with van der Waals surface area (Å²) < 4.78 is 11.6. The average Bonchev–Trinajstić information content (AvgIpc) is 3.03. The fourth-order valence-corrected chi connectivity index (χ4v) is 4.75. The second-order valence-corrected chi connectivity index (χ2v) is 9.18. The van der Waals surface area contributed by atoms with Crippen molar-refractivity contribution in [2.75, 3.05) is 27.3 Å². The molecule has 0 radical (unpaired) electrons. The summed E-state index contributed by atoms with van der Waals surface area (Å²) in [4.78, 5) is 40.1. The van der Waals surface area contributed by atoms with Crippen molar-refractivity contribution in [3.05, 3.63) is 35.9 Å². The lowest BCUT2D eigenvalue weighted by molar-refractivity contribution is -0.169. The van der Waals surface area contributed by atoms with E-state index >= 15 is 0 Å². The van der Waals surface area contributed by atoms with E-state index in [4.69, 9.17) is 15.2 Å². The first kappa shape index (κ1) is 24.9. The van der Waals surface area contributed by atoms with Crippen molar-refractivity contribution in [3.8, 4) is 0 Å². The number of unbranched alkanes of at least 4 members (excludes halogenated alkanes) is 1. The summed E-state index contributed by atoms with van der Waals surface area (Å²) in [6.45, 7) is 6.22. The molecule has 0 aromatic heterocycles. The van der Waals surface area contributed by atoms with Crippen LogP contribution < -0.4 is 5.73 Å². The molecule has 7 nitrogen and oxygen atoms in total. The van der Waals surface area contributed by atoms with Crippen molar-refractivity contribution in [2.24, 2.45) is 28.4 Å². The Kier molecular flexibility index (Phi) is 8.23. The first-order valence-electron chi connectivity index (χ1n) is 10.9. The Morgan fingerprint density at radius 3 is 2.48 bits per heavy atom. The van der Waals surface area contributed by atoms with Gasteiger partial charge in [0.05, 0.1) is 19.8 Å². The molecule has 1 aromatic carbocycles. The molecule has 1 aliphatic rings. The quantitative estimate of drug-likeness (QED) is 0.428. The minimum atomic E-state index is -1.18. The molecule has 1 aromatic rings. The second kappa shape index (κ2) is 10.3. The van der Waals surface area contributed by atoms with Crippen LogP contribution in [0.4, 0.5) is 0 Å². The van der Waals surface area contributed by atoms with Crippen LogP contribution in [0.25, 0.3) is 0 Å². The van der Waals surface area contributed by atoms with Gasteiger partial charge < -0.3 is 20.1 Å². The Balaban J connectivity index is 2.47. The van der Waals surface area contributed by atoms with Crippen LogP contribution in [-0.2, 0) is 30.5 Å². The molecule has 1 aliphatic heterocycles. The zero-order valence-corrected chi connectivity index (χ0v) is 19.3. The van der Waals surface area contributed by atoms with Gasteiger partial charge in [0.25, 0.3) is 0 Å². The molecular formula is C24H36N2O5. The van der Waals surface area contributed by atoms with E-state index < -0.39 is 34.5 Å². The highest BCUT2D eigenvalue weighted by atomic mass is 16.5. The minimum absolute atomic E-state index is 0.0482. The molecule has 0 aliphatic carbocycles. The summed E-state index contributed by atoms with van der Waals surface area (Å²) in [6, 6.07) is 9.66. The SMILES string of the molecule is CCCC[C@H]1COC(=O)[C@@]1(COCc1ccccc1)C(C)(C)[C@@H](C(N)=O)C(=O)N(C)C. The van der Waals surface area contributed by atoms with E-state index in [9.17, 15) is 14.4 Å². The van der Waals surface area contributed by atoms with E-state index in [1.165, 1.54) is 4.90 Å². The molecular weight excluding hydrogens is 396 g/mol. The first-order valence-corrected chi connectivity index (χ1v) is 10.9. The van der Waals surface area contributed by atoms with Gasteiger partial charge in [0.15, 0.2) is 0 Å². The number of carbonyl (C=O) groups is 3. The van der Waals surface area contributed by atoms with Crippen LogP contribution >= 0.6 is 0 Å². The van der Waals surface area contributed by atoms with E-state index in [0.717, 1.165) is 24.8 Å². The van der Waals surface area contributed by atoms with Crippen LogP contribution in [-0.4, -0.2) is 50.0 Å². The molecule has 0 unspecified atom stereocenters. The van der Waals surface area contributed by atoms with Gasteiger partial charge in [0.1, 0.15) is 11.3 Å². The third kappa shape index (κ3) is 4.92. The predicted octanol–water partition coefficient (Wildman–Crippen LogP) is 2.77. The number of amides is 2. The van der Waals surface area contributed by atoms with Crippen LogP contribution in [0.1, 0.15) is 45.6 Å². The number of nitrogens with zero attached hydrogens (tertiary/aromatic N) is 1. The smallest absolute Gasteiger partial charge is 0.315 e. The fourth-order valence-electron chi connectivity index (χ4n) is 4.75. The molecule has 2 rings (SSSR count). The van der Waals surface area contributed by atoms with E-state index in [-0.39, 0.29) is 19.1 Å². The lowest BCUT2D eigenvalue weighted by Crippen LogP contribution is -2.59. The van der Waals surface area contributed by atoms with Gasteiger partial charge in [0, 0.05) is 25.4 Å². The number of nitrogens with two attached hydrogens (primary N) is 1. The Bertz CT molecular complexity index is 777. The molecule has 0 bridgehead atoms. The van der Waals surface area contributed by atoms with E-state index in [0.29, 0.717) is 6.61 Å². The van der Waals surface area contributed by atoms with Gasteiger partial charge in [-0.15, -0.1) is 0 Å². The van der Waals surface area contributed by atoms with E-state index in [2.05, 4.69) is 6.92 Å². The van der Waals surface area contributed by atoms with Gasteiger partial charge in [-0.05, 0) is 12.0 Å². The second-order valence-electron chi connectivity index (χ2n) is 9.18. The lowest BCUT2D eigenvalue weighted by Gasteiger charge is -2.47. The number of hydrogen-bond acceptors (Lipinski definition) is 5. The van der Waals surface area contributed by atoms with Crippen molar-refractivity contribution in [1.29, 1.82) is 0 Å². The summed E-state index contributed by atoms with van der Waals surface area (Å²) in [5.41, 5.74) is 4.42. The fraction of sp³-hybridized carbons (Fsp3) is 0.625. The van der Waals surface area contributed by atoms with E-state index in [1.54, 1.807) is 27.9 Å². The van der Waals surface area contributed by atoms with Gasteiger partial charge >= 0.3 is 5.97 Å². The van der Waals surface area contributed by atoms with Gasteiger partial charge in [-0.1, -0.05) is 63.9 Å². The largest absolute Gasteiger partial charge is 0.465 e. The maximum atomic E-state index is 13.3. The zero-order chi connectivity index (χ0) is 23.2. The maximum Gasteiger partial charge on any atom is 0.315 e. The Hall–Kier alpha value is -2.41. The van der Waals surface area contributed by atoms with Crippen molar-refractivity contribution >= 4 is 17.8 Å². The average molecular weight is 433 g/mol. The number of cyclic esters (lactones) is 1. The Morgan fingerprint density at radius 1 is 1.29 bits per heavy atom. The Morgan fingerprint density at radius 2 is 1.94 bits per heavy atom. The molecule has 172 valence electrons. The standard InChI is InChI=1S/C24H36N2O5/c1-6-7-13-18-15-31-22(29)24(18,16-30-14-17-11-9-8-10-12-17)23(2,3)19(20(25)27)21(28)26(4)5/h8-12,18-19H,6-7,13-16H2,1-5H3,(H2,25,27)/t18-,19-,24-/m0/s1. The highest BCUT2D eigenvalue weighted by molar-refractivity contribution is 6.01. The molecule has 31 heavy (non-hydrogen) atoms. The lowest BCUT2D eigenvalue weighted by atomic mass is 9.54. The maximum absolute atomic E-state index is 13.3. The molecule has 7 heteroatoms. The highest BCUT2D eigenvalue weighted by Gasteiger charge is 2.65. The molecule has 1 fully saturated rings. The van der Waals surface area contributed by atoms with Crippen molar-refractivity contribution in [1.82, 2.24) is 4.90 Å². The molecule has 2 amide bonds. The summed E-state index contributed by atoms with van der Waals surface area (Å²) in [5.74, 6) is -2.96.